The molecule has 0 spiro atoms. The molecule has 0 amide bonds. The van der Waals surface area contributed by atoms with E-state index in [-0.39, 0.29) is 0 Å². The van der Waals surface area contributed by atoms with Crippen LogP contribution in [0.3, 0.4) is 0 Å². The van der Waals surface area contributed by atoms with Crippen molar-refractivity contribution in [1.29, 1.82) is 5.26 Å². The van der Waals surface area contributed by atoms with E-state index in [0.29, 0.717) is 11.3 Å². The summed E-state index contributed by atoms with van der Waals surface area (Å²) in [5, 5.41) is 9.03. The molecular formula is C17H17N3O. The number of methoxy groups -OCH3 is 1. The molecule has 0 fully saturated rings. The van der Waals surface area contributed by atoms with Gasteiger partial charge in [-0.1, -0.05) is 6.07 Å². The van der Waals surface area contributed by atoms with Crippen molar-refractivity contribution < 1.29 is 4.74 Å². The van der Waals surface area contributed by atoms with Crippen LogP contribution in [0.1, 0.15) is 16.7 Å². The van der Waals surface area contributed by atoms with E-state index >= 15 is 0 Å². The Morgan fingerprint density at radius 2 is 2.14 bits per heavy atom. The molecule has 0 aliphatic carbocycles. The largest absolute Gasteiger partial charge is 0.495 e. The van der Waals surface area contributed by atoms with Crippen molar-refractivity contribution in [3.8, 4) is 11.8 Å². The van der Waals surface area contributed by atoms with E-state index in [2.05, 4.69) is 23.1 Å². The van der Waals surface area contributed by atoms with Gasteiger partial charge in [-0.15, -0.1) is 0 Å². The number of nitrogens with two attached hydrogens (primary N) is 1. The van der Waals surface area contributed by atoms with E-state index in [0.717, 1.165) is 30.8 Å². The van der Waals surface area contributed by atoms with Crippen LogP contribution in [0, 0.1) is 11.3 Å². The molecule has 1 heterocycles. The second-order valence-corrected chi connectivity index (χ2v) is 5.21. The maximum atomic E-state index is 9.03. The van der Waals surface area contributed by atoms with E-state index in [4.69, 9.17) is 15.7 Å². The van der Waals surface area contributed by atoms with Gasteiger partial charge in [-0.05, 0) is 47.9 Å². The lowest BCUT2D eigenvalue weighted by atomic mass is 10.1. The highest BCUT2D eigenvalue weighted by Crippen LogP contribution is 2.31. The second-order valence-electron chi connectivity index (χ2n) is 5.21. The Morgan fingerprint density at radius 1 is 1.29 bits per heavy atom. The number of anilines is 2. The van der Waals surface area contributed by atoms with Gasteiger partial charge in [0.2, 0.25) is 0 Å². The molecule has 0 saturated carbocycles. The summed E-state index contributed by atoms with van der Waals surface area (Å²) in [6.07, 6.45) is 1.02. The van der Waals surface area contributed by atoms with Crippen LogP contribution in [-0.2, 0) is 13.0 Å². The lowest BCUT2D eigenvalue weighted by molar-refractivity contribution is 0.413. The number of benzene rings is 2. The fraction of sp³-hybridized carbons (Fsp3) is 0.235. The van der Waals surface area contributed by atoms with Crippen LogP contribution < -0.4 is 15.4 Å². The third-order valence-corrected chi connectivity index (χ3v) is 3.86. The number of nitrogens with zero attached hydrogens (tertiary/aromatic N) is 2. The van der Waals surface area contributed by atoms with Gasteiger partial charge < -0.3 is 15.4 Å². The summed E-state index contributed by atoms with van der Waals surface area (Å²) in [7, 11) is 1.59. The Labute approximate surface area is 124 Å². The van der Waals surface area contributed by atoms with Gasteiger partial charge in [0, 0.05) is 24.5 Å². The predicted molar refractivity (Wildman–Crippen MR) is 83.3 cm³/mol. The van der Waals surface area contributed by atoms with Crippen LogP contribution in [0.5, 0.6) is 5.75 Å². The first-order valence-electron chi connectivity index (χ1n) is 6.91. The summed E-state index contributed by atoms with van der Waals surface area (Å²) in [5.41, 5.74) is 10.9. The van der Waals surface area contributed by atoms with Crippen molar-refractivity contribution >= 4 is 11.4 Å². The van der Waals surface area contributed by atoms with E-state index in [1.165, 1.54) is 11.3 Å². The van der Waals surface area contributed by atoms with Gasteiger partial charge in [0.05, 0.1) is 12.7 Å². The zero-order valence-corrected chi connectivity index (χ0v) is 12.0. The maximum Gasteiger partial charge on any atom is 0.136 e. The van der Waals surface area contributed by atoms with Crippen LogP contribution in [0.15, 0.2) is 36.4 Å². The summed E-state index contributed by atoms with van der Waals surface area (Å²) in [6.45, 7) is 1.79. The Kier molecular flexibility index (Phi) is 3.41. The number of fused-ring (bicyclic) bond motifs is 1. The summed E-state index contributed by atoms with van der Waals surface area (Å²) in [6, 6.07) is 13.9. The fourth-order valence-corrected chi connectivity index (χ4v) is 2.80. The van der Waals surface area contributed by atoms with Crippen molar-refractivity contribution in [2.45, 2.75) is 13.0 Å². The van der Waals surface area contributed by atoms with E-state index in [9.17, 15) is 0 Å². The SMILES string of the molecule is COc1cc(CN2CCc3cc(N)ccc32)ccc1C#N. The Hall–Kier alpha value is -2.67. The first kappa shape index (κ1) is 13.3. The van der Waals surface area contributed by atoms with Gasteiger partial charge in [0.25, 0.3) is 0 Å². The van der Waals surface area contributed by atoms with Crippen LogP contribution in [0.2, 0.25) is 0 Å². The van der Waals surface area contributed by atoms with Crippen LogP contribution in [-0.4, -0.2) is 13.7 Å². The quantitative estimate of drug-likeness (QED) is 0.877. The monoisotopic (exact) mass is 279 g/mol. The van der Waals surface area contributed by atoms with Crippen molar-refractivity contribution in [1.82, 2.24) is 0 Å². The maximum absolute atomic E-state index is 9.03. The highest BCUT2D eigenvalue weighted by Gasteiger charge is 2.19. The molecule has 0 aromatic heterocycles. The number of ether oxygens (including phenoxy) is 1. The zero-order valence-electron chi connectivity index (χ0n) is 12.0. The molecule has 21 heavy (non-hydrogen) atoms. The van der Waals surface area contributed by atoms with Gasteiger partial charge in [0.1, 0.15) is 11.8 Å². The first-order chi connectivity index (χ1) is 10.2. The molecule has 106 valence electrons. The van der Waals surface area contributed by atoms with E-state index in [1.807, 2.05) is 24.3 Å². The summed E-state index contributed by atoms with van der Waals surface area (Å²) in [4.78, 5) is 2.33. The molecule has 4 nitrogen and oxygen atoms in total. The average molecular weight is 279 g/mol. The van der Waals surface area contributed by atoms with Crippen LogP contribution in [0.4, 0.5) is 11.4 Å². The summed E-state index contributed by atoms with van der Waals surface area (Å²) in [5.74, 6) is 0.631. The van der Waals surface area contributed by atoms with E-state index < -0.39 is 0 Å². The molecule has 0 atom stereocenters. The molecule has 3 rings (SSSR count). The Bertz CT molecular complexity index is 718. The minimum atomic E-state index is 0.566. The third kappa shape index (κ3) is 2.50. The van der Waals surface area contributed by atoms with Gasteiger partial charge >= 0.3 is 0 Å². The minimum absolute atomic E-state index is 0.566. The number of hydrogen-bond acceptors (Lipinski definition) is 4. The first-order valence-corrected chi connectivity index (χ1v) is 6.91. The van der Waals surface area contributed by atoms with Crippen molar-refractivity contribution in [3.05, 3.63) is 53.1 Å². The van der Waals surface area contributed by atoms with Crippen molar-refractivity contribution in [3.63, 3.8) is 0 Å². The predicted octanol–water partition coefficient (Wildman–Crippen LogP) is 2.71. The highest BCUT2D eigenvalue weighted by atomic mass is 16.5. The molecule has 2 aromatic rings. The Morgan fingerprint density at radius 3 is 2.90 bits per heavy atom. The van der Waals surface area contributed by atoms with Crippen LogP contribution >= 0.6 is 0 Å². The number of rotatable bonds is 3. The fourth-order valence-electron chi connectivity index (χ4n) is 2.80. The normalized spacial score (nSPS) is 12.9. The topological polar surface area (TPSA) is 62.3 Å². The van der Waals surface area contributed by atoms with E-state index in [1.54, 1.807) is 7.11 Å². The Balaban J connectivity index is 1.85. The molecule has 0 saturated heterocycles. The third-order valence-electron chi connectivity index (χ3n) is 3.86. The molecule has 4 heteroatoms. The molecule has 2 N–H and O–H groups in total. The zero-order chi connectivity index (χ0) is 14.8. The molecule has 0 radical (unpaired) electrons. The summed E-state index contributed by atoms with van der Waals surface area (Å²) < 4.78 is 5.27. The average Bonchev–Trinajstić information content (AvgIpc) is 2.89. The lowest BCUT2D eigenvalue weighted by Gasteiger charge is -2.20. The summed E-state index contributed by atoms with van der Waals surface area (Å²) >= 11 is 0. The molecule has 1 aliphatic heterocycles. The molecule has 0 bridgehead atoms. The second kappa shape index (κ2) is 5.37. The van der Waals surface area contributed by atoms with Crippen LogP contribution in [0.25, 0.3) is 0 Å². The molecule has 2 aromatic carbocycles. The van der Waals surface area contributed by atoms with Gasteiger partial charge in [0.15, 0.2) is 0 Å². The molecular weight excluding hydrogens is 262 g/mol. The van der Waals surface area contributed by atoms with Gasteiger partial charge in [-0.3, -0.25) is 0 Å². The number of nitrogen functional groups attached to an aromatic ring is 1. The number of hydrogen-bond donors (Lipinski definition) is 1. The standard InChI is InChI=1S/C17H17N3O/c1-21-17-8-12(2-3-14(17)10-18)11-20-7-6-13-9-15(19)4-5-16(13)20/h2-5,8-9H,6-7,11,19H2,1H3. The molecule has 0 unspecified atom stereocenters. The minimum Gasteiger partial charge on any atom is -0.495 e. The van der Waals surface area contributed by atoms with Gasteiger partial charge in [-0.2, -0.15) is 5.26 Å². The number of nitriles is 1. The van der Waals surface area contributed by atoms with Crippen molar-refractivity contribution in [2.24, 2.45) is 0 Å². The lowest BCUT2D eigenvalue weighted by Crippen LogP contribution is -2.19. The van der Waals surface area contributed by atoms with Crippen molar-refractivity contribution in [2.75, 3.05) is 24.3 Å². The molecule has 1 aliphatic rings. The smallest absolute Gasteiger partial charge is 0.136 e. The van der Waals surface area contributed by atoms with Gasteiger partial charge in [-0.25, -0.2) is 0 Å². The highest BCUT2D eigenvalue weighted by molar-refractivity contribution is 5.63.